The van der Waals surface area contributed by atoms with E-state index < -0.39 is 30.3 Å². The number of Topliss-reactive ketones (excluding diaryl/α,β-unsaturated/α-hetero) is 1. The minimum atomic E-state index is -1.20. The molecule has 170 valence electrons. The van der Waals surface area contributed by atoms with E-state index in [9.17, 15) is 14.4 Å². The fourth-order valence-electron chi connectivity index (χ4n) is 2.79. The molecule has 0 spiro atoms. The number of esters is 1. The van der Waals surface area contributed by atoms with Crippen molar-refractivity contribution in [1.82, 2.24) is 5.32 Å². The van der Waals surface area contributed by atoms with Crippen molar-refractivity contribution in [3.8, 4) is 5.75 Å². The van der Waals surface area contributed by atoms with Gasteiger partial charge in [0.15, 0.2) is 12.7 Å². The fourth-order valence-corrected chi connectivity index (χ4v) is 3.38. The lowest BCUT2D eigenvalue weighted by Gasteiger charge is -2.18. The summed E-state index contributed by atoms with van der Waals surface area (Å²) in [6.45, 7) is -0.832. The predicted molar refractivity (Wildman–Crippen MR) is 126 cm³/mol. The minimum absolute atomic E-state index is 0.250. The van der Waals surface area contributed by atoms with Crippen LogP contribution in [0.2, 0.25) is 15.1 Å². The summed E-state index contributed by atoms with van der Waals surface area (Å²) in [6.07, 6.45) is -1.20. The van der Waals surface area contributed by atoms with Gasteiger partial charge in [-0.05, 0) is 30.3 Å². The Morgan fingerprint density at radius 1 is 0.848 bits per heavy atom. The molecule has 0 aliphatic rings. The lowest BCUT2D eigenvalue weighted by molar-refractivity contribution is -0.147. The van der Waals surface area contributed by atoms with E-state index in [2.05, 4.69) is 5.32 Å². The Hall–Kier alpha value is -3.06. The van der Waals surface area contributed by atoms with Crippen molar-refractivity contribution in [2.45, 2.75) is 6.10 Å². The molecule has 0 aromatic heterocycles. The highest BCUT2D eigenvalue weighted by Crippen LogP contribution is 2.27. The number of halogens is 3. The zero-order valence-corrected chi connectivity index (χ0v) is 19.4. The average molecular weight is 507 g/mol. The molecule has 3 aromatic carbocycles. The summed E-state index contributed by atoms with van der Waals surface area (Å²) in [4.78, 5) is 37.4. The first-order valence-corrected chi connectivity index (χ1v) is 10.9. The second kappa shape index (κ2) is 11.7. The number of ether oxygens (including phenoxy) is 2. The van der Waals surface area contributed by atoms with Crippen molar-refractivity contribution in [2.75, 3.05) is 13.2 Å². The third-order valence-electron chi connectivity index (χ3n) is 4.40. The van der Waals surface area contributed by atoms with Gasteiger partial charge in [-0.1, -0.05) is 77.3 Å². The highest BCUT2D eigenvalue weighted by Gasteiger charge is 2.26. The van der Waals surface area contributed by atoms with Crippen LogP contribution in [0.15, 0.2) is 72.8 Å². The minimum Gasteiger partial charge on any atom is -0.482 e. The third kappa shape index (κ3) is 7.22. The van der Waals surface area contributed by atoms with Crippen molar-refractivity contribution < 1.29 is 23.9 Å². The Balaban J connectivity index is 1.60. The van der Waals surface area contributed by atoms with Gasteiger partial charge in [0.1, 0.15) is 12.3 Å². The molecule has 0 saturated heterocycles. The van der Waals surface area contributed by atoms with Gasteiger partial charge in [0, 0.05) is 21.2 Å². The van der Waals surface area contributed by atoms with Crippen molar-refractivity contribution in [2.24, 2.45) is 0 Å². The average Bonchev–Trinajstić information content (AvgIpc) is 2.81. The van der Waals surface area contributed by atoms with E-state index in [0.29, 0.717) is 21.2 Å². The molecule has 1 amide bonds. The van der Waals surface area contributed by atoms with E-state index in [-0.39, 0.29) is 17.4 Å². The number of hydrogen-bond acceptors (Lipinski definition) is 5. The standard InChI is InChI=1S/C24H18Cl3NO5/c25-17-8-6-16(7-9-17)24(23(31)15-4-2-1-3-5-15)33-22(30)13-28-21(29)14-32-20-11-10-18(26)12-19(20)27/h1-12,24H,13-14H2,(H,28,29). The number of hydrogen-bond donors (Lipinski definition) is 1. The number of ketones is 1. The molecule has 9 heteroatoms. The first kappa shape index (κ1) is 24.6. The highest BCUT2D eigenvalue weighted by atomic mass is 35.5. The summed E-state index contributed by atoms with van der Waals surface area (Å²) in [6, 6.07) is 19.4. The third-order valence-corrected chi connectivity index (χ3v) is 5.18. The van der Waals surface area contributed by atoms with Crippen molar-refractivity contribution >= 4 is 52.5 Å². The van der Waals surface area contributed by atoms with E-state index in [4.69, 9.17) is 44.3 Å². The first-order chi connectivity index (χ1) is 15.8. The maximum absolute atomic E-state index is 13.0. The zero-order valence-electron chi connectivity index (χ0n) is 17.1. The second-order valence-electron chi connectivity index (χ2n) is 6.79. The van der Waals surface area contributed by atoms with Gasteiger partial charge in [0.25, 0.3) is 5.91 Å². The van der Waals surface area contributed by atoms with Gasteiger partial charge in [-0.3, -0.25) is 14.4 Å². The summed E-state index contributed by atoms with van der Waals surface area (Å²) >= 11 is 17.7. The Morgan fingerprint density at radius 2 is 1.52 bits per heavy atom. The van der Waals surface area contributed by atoms with Gasteiger partial charge in [0.2, 0.25) is 5.78 Å². The number of carbonyl (C=O) groups excluding carboxylic acids is 3. The molecule has 3 aromatic rings. The Kier molecular flexibility index (Phi) is 8.72. The molecule has 1 N–H and O–H groups in total. The molecule has 6 nitrogen and oxygen atoms in total. The molecule has 0 radical (unpaired) electrons. The highest BCUT2D eigenvalue weighted by molar-refractivity contribution is 6.35. The monoisotopic (exact) mass is 505 g/mol. The summed E-state index contributed by atoms with van der Waals surface area (Å²) in [5.74, 6) is -1.50. The van der Waals surface area contributed by atoms with E-state index >= 15 is 0 Å². The lowest BCUT2D eigenvalue weighted by atomic mass is 10.00. The Bertz CT molecular complexity index is 1140. The molecule has 1 atom stereocenters. The van der Waals surface area contributed by atoms with Crippen molar-refractivity contribution in [1.29, 1.82) is 0 Å². The van der Waals surface area contributed by atoms with Crippen LogP contribution in [0.5, 0.6) is 5.75 Å². The molecule has 0 heterocycles. The normalized spacial score (nSPS) is 11.4. The Labute approximate surface area is 205 Å². The van der Waals surface area contributed by atoms with Crippen LogP contribution in [0, 0.1) is 0 Å². The van der Waals surface area contributed by atoms with Crippen LogP contribution < -0.4 is 10.1 Å². The van der Waals surface area contributed by atoms with Crippen LogP contribution in [-0.4, -0.2) is 30.8 Å². The van der Waals surface area contributed by atoms with Gasteiger partial charge in [-0.15, -0.1) is 0 Å². The van der Waals surface area contributed by atoms with E-state index in [1.54, 1.807) is 60.7 Å². The maximum atomic E-state index is 13.0. The molecule has 0 fully saturated rings. The maximum Gasteiger partial charge on any atom is 0.326 e. The fraction of sp³-hybridized carbons (Fsp3) is 0.125. The molecular weight excluding hydrogens is 489 g/mol. The molecule has 3 rings (SSSR count). The summed E-state index contributed by atoms with van der Waals surface area (Å²) in [5.41, 5.74) is 0.830. The number of benzene rings is 3. The summed E-state index contributed by atoms with van der Waals surface area (Å²) < 4.78 is 10.7. The van der Waals surface area contributed by atoms with Gasteiger partial charge >= 0.3 is 5.97 Å². The number of amides is 1. The molecule has 0 aliphatic heterocycles. The number of nitrogens with one attached hydrogen (secondary N) is 1. The quantitative estimate of drug-likeness (QED) is 0.314. The lowest BCUT2D eigenvalue weighted by Crippen LogP contribution is -2.35. The number of rotatable bonds is 9. The molecule has 1 unspecified atom stereocenters. The van der Waals surface area contributed by atoms with E-state index in [1.165, 1.54) is 12.1 Å². The van der Waals surface area contributed by atoms with Crippen LogP contribution in [0.3, 0.4) is 0 Å². The zero-order chi connectivity index (χ0) is 23.8. The van der Waals surface area contributed by atoms with Crippen LogP contribution in [0.25, 0.3) is 0 Å². The largest absolute Gasteiger partial charge is 0.482 e. The van der Waals surface area contributed by atoms with Gasteiger partial charge in [-0.2, -0.15) is 0 Å². The molecular formula is C24H18Cl3NO5. The molecule has 0 aliphatic carbocycles. The van der Waals surface area contributed by atoms with Crippen LogP contribution in [0.4, 0.5) is 0 Å². The second-order valence-corrected chi connectivity index (χ2v) is 8.07. The van der Waals surface area contributed by atoms with Crippen molar-refractivity contribution in [3.63, 3.8) is 0 Å². The van der Waals surface area contributed by atoms with Crippen LogP contribution in [0.1, 0.15) is 22.0 Å². The SMILES string of the molecule is O=C(COc1ccc(Cl)cc1Cl)NCC(=O)OC(C(=O)c1ccccc1)c1ccc(Cl)cc1. The number of carbonyl (C=O) groups is 3. The topological polar surface area (TPSA) is 81.7 Å². The summed E-state index contributed by atoms with van der Waals surface area (Å²) in [5, 5.41) is 3.54. The first-order valence-electron chi connectivity index (χ1n) is 9.72. The summed E-state index contributed by atoms with van der Waals surface area (Å²) in [7, 11) is 0. The molecule has 0 saturated carbocycles. The van der Waals surface area contributed by atoms with Crippen LogP contribution >= 0.6 is 34.8 Å². The van der Waals surface area contributed by atoms with E-state index in [1.807, 2.05) is 0 Å². The van der Waals surface area contributed by atoms with Gasteiger partial charge in [-0.25, -0.2) is 0 Å². The van der Waals surface area contributed by atoms with E-state index in [0.717, 1.165) is 0 Å². The smallest absolute Gasteiger partial charge is 0.326 e. The van der Waals surface area contributed by atoms with Gasteiger partial charge < -0.3 is 14.8 Å². The molecule has 0 bridgehead atoms. The predicted octanol–water partition coefficient (Wildman–Crippen LogP) is 5.31. The van der Waals surface area contributed by atoms with Crippen molar-refractivity contribution in [3.05, 3.63) is 99.0 Å². The Morgan fingerprint density at radius 3 is 2.18 bits per heavy atom. The van der Waals surface area contributed by atoms with Crippen LogP contribution in [-0.2, 0) is 14.3 Å². The van der Waals surface area contributed by atoms with Gasteiger partial charge in [0.05, 0.1) is 5.02 Å². The molecule has 33 heavy (non-hydrogen) atoms.